The molecule has 8 heteroatoms. The molecule has 3 heterocycles. The second kappa shape index (κ2) is 9.58. The Labute approximate surface area is 189 Å². The Bertz CT molecular complexity index is 1060. The maximum absolute atomic E-state index is 13.1. The number of hydrogen-bond acceptors (Lipinski definition) is 6. The molecule has 0 spiro atoms. The number of fused-ring (bicyclic) bond motifs is 1. The number of pyridine rings is 1. The van der Waals surface area contributed by atoms with Gasteiger partial charge in [-0.1, -0.05) is 6.07 Å². The molecule has 0 atom stereocenters. The predicted molar refractivity (Wildman–Crippen MR) is 125 cm³/mol. The zero-order valence-corrected chi connectivity index (χ0v) is 19.2. The lowest BCUT2D eigenvalue weighted by Crippen LogP contribution is -2.50. The van der Waals surface area contributed by atoms with Crippen LogP contribution in [0.3, 0.4) is 0 Å². The van der Waals surface area contributed by atoms with Gasteiger partial charge in [0.2, 0.25) is 0 Å². The van der Waals surface area contributed by atoms with Crippen molar-refractivity contribution in [3.8, 4) is 22.6 Å². The zero-order chi connectivity index (χ0) is 22.7. The summed E-state index contributed by atoms with van der Waals surface area (Å²) in [6.45, 7) is 5.29. The van der Waals surface area contributed by atoms with E-state index in [2.05, 4.69) is 28.9 Å². The van der Waals surface area contributed by atoms with Crippen LogP contribution in [0.5, 0.6) is 11.5 Å². The first kappa shape index (κ1) is 22.1. The summed E-state index contributed by atoms with van der Waals surface area (Å²) in [6.07, 6.45) is 3.76. The number of amides is 1. The quantitative estimate of drug-likeness (QED) is 0.566. The molecule has 3 aromatic rings. The van der Waals surface area contributed by atoms with Crippen molar-refractivity contribution in [2.75, 3.05) is 67.6 Å². The normalized spacial score (nSPS) is 14.8. The smallest absolute Gasteiger partial charge is 0.274 e. The number of benzene rings is 1. The molecule has 0 saturated carbocycles. The van der Waals surface area contributed by atoms with Gasteiger partial charge in [0.15, 0.2) is 0 Å². The number of rotatable bonds is 7. The molecule has 0 aliphatic carbocycles. The van der Waals surface area contributed by atoms with Crippen molar-refractivity contribution in [2.24, 2.45) is 0 Å². The summed E-state index contributed by atoms with van der Waals surface area (Å²) in [5, 5.41) is 0. The van der Waals surface area contributed by atoms with Crippen LogP contribution < -0.4 is 9.47 Å². The third kappa shape index (κ3) is 4.56. The van der Waals surface area contributed by atoms with Gasteiger partial charge in [0, 0.05) is 57.2 Å². The number of carbonyl (C=O) groups excluding carboxylic acids is 1. The summed E-state index contributed by atoms with van der Waals surface area (Å²) in [7, 11) is 7.45. The number of methoxy groups -OCH3 is 2. The van der Waals surface area contributed by atoms with Gasteiger partial charge in [0.05, 0.1) is 19.8 Å². The average molecular weight is 438 g/mol. The maximum Gasteiger partial charge on any atom is 0.274 e. The maximum atomic E-state index is 13.1. The lowest BCUT2D eigenvalue weighted by molar-refractivity contribution is 0.0624. The molecule has 4 rings (SSSR count). The van der Waals surface area contributed by atoms with Crippen LogP contribution in [0.4, 0.5) is 0 Å². The molecule has 32 heavy (non-hydrogen) atoms. The summed E-state index contributed by atoms with van der Waals surface area (Å²) in [4.78, 5) is 24.1. The summed E-state index contributed by atoms with van der Waals surface area (Å²) >= 11 is 0. The van der Waals surface area contributed by atoms with Crippen LogP contribution in [-0.2, 0) is 0 Å². The van der Waals surface area contributed by atoms with E-state index in [0.717, 1.165) is 67.5 Å². The van der Waals surface area contributed by atoms with Gasteiger partial charge in [0.25, 0.3) is 5.91 Å². The van der Waals surface area contributed by atoms with Crippen molar-refractivity contribution >= 4 is 11.6 Å². The fraction of sp³-hybridized carbons (Fsp3) is 0.417. The van der Waals surface area contributed by atoms with Crippen molar-refractivity contribution in [3.63, 3.8) is 0 Å². The molecule has 1 amide bonds. The molecule has 1 saturated heterocycles. The molecule has 1 aromatic carbocycles. The van der Waals surface area contributed by atoms with Crippen LogP contribution in [0, 0.1) is 0 Å². The Morgan fingerprint density at radius 3 is 2.31 bits per heavy atom. The third-order valence-electron chi connectivity index (χ3n) is 5.91. The Kier molecular flexibility index (Phi) is 6.62. The van der Waals surface area contributed by atoms with Crippen LogP contribution in [0.15, 0.2) is 42.7 Å². The van der Waals surface area contributed by atoms with Crippen molar-refractivity contribution in [1.82, 2.24) is 24.1 Å². The van der Waals surface area contributed by atoms with Gasteiger partial charge in [-0.2, -0.15) is 0 Å². The predicted octanol–water partition coefficient (Wildman–Crippen LogP) is 2.34. The largest absolute Gasteiger partial charge is 0.496 e. The van der Waals surface area contributed by atoms with E-state index in [4.69, 9.17) is 9.47 Å². The van der Waals surface area contributed by atoms with Crippen molar-refractivity contribution < 1.29 is 14.3 Å². The Morgan fingerprint density at radius 1 is 1.00 bits per heavy atom. The fourth-order valence-electron chi connectivity index (χ4n) is 4.06. The monoisotopic (exact) mass is 437 g/mol. The average Bonchev–Trinajstić information content (AvgIpc) is 3.25. The number of nitrogens with zero attached hydrogens (tertiary/aromatic N) is 5. The molecule has 1 fully saturated rings. The molecular formula is C24H31N5O3. The van der Waals surface area contributed by atoms with E-state index >= 15 is 0 Å². The zero-order valence-electron chi connectivity index (χ0n) is 19.2. The van der Waals surface area contributed by atoms with E-state index in [1.807, 2.05) is 52.0 Å². The molecular weight excluding hydrogens is 406 g/mol. The first-order chi connectivity index (χ1) is 15.5. The summed E-state index contributed by atoms with van der Waals surface area (Å²) < 4.78 is 13.0. The summed E-state index contributed by atoms with van der Waals surface area (Å²) in [5.41, 5.74) is 3.00. The molecule has 1 aliphatic heterocycles. The van der Waals surface area contributed by atoms with Gasteiger partial charge in [0.1, 0.15) is 22.8 Å². The molecule has 0 N–H and O–H groups in total. The molecule has 2 aromatic heterocycles. The van der Waals surface area contributed by atoms with E-state index < -0.39 is 0 Å². The Morgan fingerprint density at radius 2 is 1.69 bits per heavy atom. The first-order valence-corrected chi connectivity index (χ1v) is 10.9. The van der Waals surface area contributed by atoms with E-state index in [0.29, 0.717) is 5.69 Å². The lowest BCUT2D eigenvalue weighted by atomic mass is 10.1. The van der Waals surface area contributed by atoms with E-state index in [1.54, 1.807) is 14.2 Å². The van der Waals surface area contributed by atoms with Gasteiger partial charge >= 0.3 is 0 Å². The lowest BCUT2D eigenvalue weighted by Gasteiger charge is -2.34. The van der Waals surface area contributed by atoms with E-state index in [9.17, 15) is 4.79 Å². The number of carbonyl (C=O) groups is 1. The Hall–Kier alpha value is -3.10. The molecule has 0 radical (unpaired) electrons. The number of likely N-dealkylation sites (N-methyl/N-ethyl adjacent to an activating group) is 1. The molecule has 0 unspecified atom stereocenters. The second-order valence-corrected chi connectivity index (χ2v) is 8.28. The van der Waals surface area contributed by atoms with Crippen molar-refractivity contribution in [2.45, 2.75) is 0 Å². The van der Waals surface area contributed by atoms with Crippen LogP contribution in [-0.4, -0.2) is 97.6 Å². The second-order valence-electron chi connectivity index (χ2n) is 8.28. The van der Waals surface area contributed by atoms with Gasteiger partial charge in [-0.25, -0.2) is 4.98 Å². The molecule has 8 nitrogen and oxygen atoms in total. The van der Waals surface area contributed by atoms with Crippen LogP contribution >= 0.6 is 0 Å². The highest BCUT2D eigenvalue weighted by molar-refractivity contribution is 5.93. The standard InChI is InChI=1S/C24H31N5O3/c1-26(2)10-11-27-12-14-28(15-13-27)24(30)19-17-29-16-18(8-9-22(29)25-19)23-20(31-3)6-5-7-21(23)32-4/h5-9,16-17H,10-15H2,1-4H3. The van der Waals surface area contributed by atoms with Gasteiger partial charge < -0.3 is 23.7 Å². The number of hydrogen-bond donors (Lipinski definition) is 0. The van der Waals surface area contributed by atoms with Gasteiger partial charge in [-0.05, 0) is 38.4 Å². The summed E-state index contributed by atoms with van der Waals surface area (Å²) in [6, 6.07) is 9.60. The third-order valence-corrected chi connectivity index (χ3v) is 5.91. The molecule has 0 bridgehead atoms. The molecule has 170 valence electrons. The number of aromatic nitrogens is 2. The Balaban J connectivity index is 1.53. The fourth-order valence-corrected chi connectivity index (χ4v) is 4.06. The summed E-state index contributed by atoms with van der Waals surface area (Å²) in [5.74, 6) is 1.44. The number of ether oxygens (including phenoxy) is 2. The van der Waals surface area contributed by atoms with E-state index in [1.165, 1.54) is 0 Å². The van der Waals surface area contributed by atoms with E-state index in [-0.39, 0.29) is 5.91 Å². The van der Waals surface area contributed by atoms with Crippen LogP contribution in [0.2, 0.25) is 0 Å². The highest BCUT2D eigenvalue weighted by Gasteiger charge is 2.24. The van der Waals surface area contributed by atoms with Crippen molar-refractivity contribution in [3.05, 3.63) is 48.4 Å². The minimum Gasteiger partial charge on any atom is -0.496 e. The minimum absolute atomic E-state index is 0.0163. The molecule has 1 aliphatic rings. The van der Waals surface area contributed by atoms with Crippen LogP contribution in [0.1, 0.15) is 10.5 Å². The van der Waals surface area contributed by atoms with Gasteiger partial charge in [-0.3, -0.25) is 9.69 Å². The van der Waals surface area contributed by atoms with Crippen LogP contribution in [0.25, 0.3) is 16.8 Å². The topological polar surface area (TPSA) is 62.6 Å². The first-order valence-electron chi connectivity index (χ1n) is 10.9. The van der Waals surface area contributed by atoms with Gasteiger partial charge in [-0.15, -0.1) is 0 Å². The highest BCUT2D eigenvalue weighted by atomic mass is 16.5. The SMILES string of the molecule is COc1cccc(OC)c1-c1ccc2nc(C(=O)N3CCN(CCN(C)C)CC3)cn2c1. The van der Waals surface area contributed by atoms with Crippen molar-refractivity contribution in [1.29, 1.82) is 0 Å². The number of piperazine rings is 1. The highest BCUT2D eigenvalue weighted by Crippen LogP contribution is 2.38. The minimum atomic E-state index is -0.0163. The number of imidazole rings is 1.